The third-order valence-corrected chi connectivity index (χ3v) is 5.23. The van der Waals surface area contributed by atoms with Gasteiger partial charge < -0.3 is 16.0 Å². The summed E-state index contributed by atoms with van der Waals surface area (Å²) in [6.07, 6.45) is 0. The molecule has 0 atom stereocenters. The van der Waals surface area contributed by atoms with E-state index in [-0.39, 0.29) is 33.4 Å². The Morgan fingerprint density at radius 2 is 1.56 bits per heavy atom. The fourth-order valence-electron chi connectivity index (χ4n) is 3.13. The number of amides is 3. The number of benzene rings is 3. The maximum atomic E-state index is 13.0. The first kappa shape index (κ1) is 24.4. The molecular weight excluding hydrogens is 460 g/mol. The molecule has 0 aliphatic carbocycles. The van der Waals surface area contributed by atoms with Crippen molar-refractivity contribution >= 4 is 46.4 Å². The molecule has 0 fully saturated rings. The highest BCUT2D eigenvalue weighted by Crippen LogP contribution is 2.25. The molecule has 0 heterocycles. The van der Waals surface area contributed by atoms with E-state index in [0.717, 1.165) is 11.6 Å². The second-order valence-corrected chi connectivity index (χ2v) is 7.67. The summed E-state index contributed by atoms with van der Waals surface area (Å²) in [4.78, 5) is 48.2. The molecular formula is C24H21ClN4O5. The average Bonchev–Trinajstić information content (AvgIpc) is 2.80. The minimum Gasteiger partial charge on any atom is -0.352 e. The molecule has 3 N–H and O–H groups in total. The van der Waals surface area contributed by atoms with Crippen LogP contribution in [0.5, 0.6) is 0 Å². The van der Waals surface area contributed by atoms with Crippen molar-refractivity contribution in [1.29, 1.82) is 0 Å². The van der Waals surface area contributed by atoms with Gasteiger partial charge >= 0.3 is 0 Å². The van der Waals surface area contributed by atoms with Gasteiger partial charge in [0.1, 0.15) is 0 Å². The van der Waals surface area contributed by atoms with Crippen molar-refractivity contribution in [3.63, 3.8) is 0 Å². The molecule has 0 aliphatic rings. The largest absolute Gasteiger partial charge is 0.352 e. The Balaban J connectivity index is 1.84. The first-order chi connectivity index (χ1) is 16.2. The van der Waals surface area contributed by atoms with Crippen LogP contribution in [0.25, 0.3) is 0 Å². The molecule has 174 valence electrons. The van der Waals surface area contributed by atoms with Crippen LogP contribution in [0, 0.1) is 17.0 Å². The second kappa shape index (κ2) is 10.6. The molecule has 0 saturated carbocycles. The van der Waals surface area contributed by atoms with Crippen LogP contribution in [0.4, 0.5) is 17.1 Å². The van der Waals surface area contributed by atoms with Crippen molar-refractivity contribution in [2.75, 3.05) is 17.2 Å². The van der Waals surface area contributed by atoms with E-state index < -0.39 is 16.7 Å². The van der Waals surface area contributed by atoms with Crippen LogP contribution in [0.2, 0.25) is 5.02 Å². The molecule has 9 nitrogen and oxygen atoms in total. The van der Waals surface area contributed by atoms with E-state index in [4.69, 9.17) is 11.6 Å². The van der Waals surface area contributed by atoms with Crippen LogP contribution in [0.1, 0.15) is 43.6 Å². The predicted molar refractivity (Wildman–Crippen MR) is 130 cm³/mol. The highest BCUT2D eigenvalue weighted by Gasteiger charge is 2.19. The lowest BCUT2D eigenvalue weighted by molar-refractivity contribution is -0.384. The zero-order valence-electron chi connectivity index (χ0n) is 18.3. The monoisotopic (exact) mass is 480 g/mol. The molecule has 0 aliphatic heterocycles. The van der Waals surface area contributed by atoms with Gasteiger partial charge in [-0.05, 0) is 49.7 Å². The molecule has 3 aromatic carbocycles. The van der Waals surface area contributed by atoms with Crippen molar-refractivity contribution < 1.29 is 19.3 Å². The summed E-state index contributed by atoms with van der Waals surface area (Å²) < 4.78 is 0. The number of nitro groups is 1. The van der Waals surface area contributed by atoms with E-state index in [2.05, 4.69) is 16.0 Å². The molecule has 0 bridgehead atoms. The van der Waals surface area contributed by atoms with Gasteiger partial charge in [-0.15, -0.1) is 0 Å². The lowest BCUT2D eigenvalue weighted by atomic mass is 10.1. The molecule has 0 radical (unpaired) electrons. The predicted octanol–water partition coefficient (Wildman–Crippen LogP) is 4.81. The number of non-ortho nitro benzene ring substituents is 1. The highest BCUT2D eigenvalue weighted by atomic mass is 35.5. The van der Waals surface area contributed by atoms with Crippen molar-refractivity contribution in [1.82, 2.24) is 5.32 Å². The minimum atomic E-state index is -0.630. The Bertz CT molecular complexity index is 1290. The maximum absolute atomic E-state index is 13.0. The number of carbonyl (C=O) groups is 3. The van der Waals surface area contributed by atoms with Crippen LogP contribution < -0.4 is 16.0 Å². The Labute approximate surface area is 200 Å². The van der Waals surface area contributed by atoms with Crippen molar-refractivity contribution in [3.8, 4) is 0 Å². The van der Waals surface area contributed by atoms with Crippen LogP contribution in [0.15, 0.2) is 60.7 Å². The van der Waals surface area contributed by atoms with E-state index >= 15 is 0 Å². The smallest absolute Gasteiger partial charge is 0.270 e. The molecule has 0 unspecified atom stereocenters. The van der Waals surface area contributed by atoms with Crippen LogP contribution in [-0.4, -0.2) is 29.2 Å². The quantitative estimate of drug-likeness (QED) is 0.330. The number of hydrogen-bond donors (Lipinski definition) is 3. The van der Waals surface area contributed by atoms with Crippen LogP contribution >= 0.6 is 11.6 Å². The van der Waals surface area contributed by atoms with Crippen molar-refractivity contribution in [2.45, 2.75) is 13.8 Å². The van der Waals surface area contributed by atoms with Crippen molar-refractivity contribution in [3.05, 3.63) is 98.1 Å². The Morgan fingerprint density at radius 1 is 0.882 bits per heavy atom. The number of nitro benzene ring substituents is 1. The molecule has 0 spiro atoms. The lowest BCUT2D eigenvalue weighted by Crippen LogP contribution is -2.23. The molecule has 0 saturated heterocycles. The maximum Gasteiger partial charge on any atom is 0.270 e. The van der Waals surface area contributed by atoms with Gasteiger partial charge in [0.2, 0.25) is 0 Å². The number of halogens is 1. The van der Waals surface area contributed by atoms with Gasteiger partial charge in [-0.3, -0.25) is 24.5 Å². The van der Waals surface area contributed by atoms with E-state index in [1.807, 2.05) is 6.92 Å². The number of anilines is 2. The van der Waals surface area contributed by atoms with Crippen molar-refractivity contribution in [2.24, 2.45) is 0 Å². The van der Waals surface area contributed by atoms with E-state index in [9.17, 15) is 24.5 Å². The first-order valence-electron chi connectivity index (χ1n) is 10.3. The second-order valence-electron chi connectivity index (χ2n) is 7.26. The summed E-state index contributed by atoms with van der Waals surface area (Å²) in [7, 11) is 0. The van der Waals surface area contributed by atoms with Gasteiger partial charge in [-0.25, -0.2) is 0 Å². The Morgan fingerprint density at radius 3 is 2.24 bits per heavy atom. The SMILES string of the molecule is CCNC(=O)c1ccc(C)c(NC(=O)c2ccccc2NC(=O)c2ccc([N+](=O)[O-])cc2Cl)c1. The topological polar surface area (TPSA) is 130 Å². The zero-order valence-corrected chi connectivity index (χ0v) is 19.1. The summed E-state index contributed by atoms with van der Waals surface area (Å²) >= 11 is 6.05. The minimum absolute atomic E-state index is 0.0213. The fraction of sp³-hybridized carbons (Fsp3) is 0.125. The summed E-state index contributed by atoms with van der Waals surface area (Å²) in [5.74, 6) is -1.39. The Kier molecular flexibility index (Phi) is 7.60. The third kappa shape index (κ3) is 5.57. The van der Waals surface area contributed by atoms with Gasteiger partial charge in [0.25, 0.3) is 23.4 Å². The van der Waals surface area contributed by atoms with E-state index in [0.29, 0.717) is 17.8 Å². The van der Waals surface area contributed by atoms with Gasteiger partial charge in [0.05, 0.1) is 26.8 Å². The van der Waals surface area contributed by atoms with Crippen LogP contribution in [-0.2, 0) is 0 Å². The molecule has 3 aromatic rings. The summed E-state index contributed by atoms with van der Waals surface area (Å²) in [5, 5.41) is 18.9. The average molecular weight is 481 g/mol. The number of aryl methyl sites for hydroxylation is 1. The van der Waals surface area contributed by atoms with Gasteiger partial charge in [-0.1, -0.05) is 29.8 Å². The van der Waals surface area contributed by atoms with Gasteiger partial charge in [0, 0.05) is 29.9 Å². The first-order valence-corrected chi connectivity index (χ1v) is 10.6. The number of para-hydroxylation sites is 1. The van der Waals surface area contributed by atoms with Crippen LogP contribution in [0.3, 0.4) is 0 Å². The van der Waals surface area contributed by atoms with E-state index in [1.54, 1.807) is 43.3 Å². The fourth-order valence-corrected chi connectivity index (χ4v) is 3.39. The van der Waals surface area contributed by atoms with Gasteiger partial charge in [0.15, 0.2) is 0 Å². The summed E-state index contributed by atoms with van der Waals surface area (Å²) in [6, 6.07) is 14.8. The molecule has 34 heavy (non-hydrogen) atoms. The molecule has 3 rings (SSSR count). The third-order valence-electron chi connectivity index (χ3n) is 4.91. The summed E-state index contributed by atoms with van der Waals surface area (Å²) in [5.41, 5.74) is 1.78. The zero-order chi connectivity index (χ0) is 24.8. The molecule has 10 heteroatoms. The number of carbonyl (C=O) groups excluding carboxylic acids is 3. The molecule has 0 aromatic heterocycles. The summed E-state index contributed by atoms with van der Waals surface area (Å²) in [6.45, 7) is 4.07. The molecule has 3 amide bonds. The Hall–Kier alpha value is -4.24. The lowest BCUT2D eigenvalue weighted by Gasteiger charge is -2.14. The van der Waals surface area contributed by atoms with Gasteiger partial charge in [-0.2, -0.15) is 0 Å². The standard InChI is InChI=1S/C24H21ClN4O5/c1-3-26-22(30)15-9-8-14(2)21(12-15)28-24(32)18-6-4-5-7-20(18)27-23(31)17-11-10-16(29(33)34)13-19(17)25/h4-13H,3H2,1-2H3,(H,26,30)(H,27,31)(H,28,32). The number of nitrogens with zero attached hydrogens (tertiary/aromatic N) is 1. The van der Waals surface area contributed by atoms with E-state index in [1.165, 1.54) is 18.2 Å². The number of rotatable bonds is 7. The number of hydrogen-bond acceptors (Lipinski definition) is 5. The number of nitrogens with one attached hydrogen (secondary N) is 3. The highest BCUT2D eigenvalue weighted by molar-refractivity contribution is 6.34. The normalized spacial score (nSPS) is 10.3.